The summed E-state index contributed by atoms with van der Waals surface area (Å²) < 4.78 is 0. The van der Waals surface area contributed by atoms with Crippen LogP contribution >= 0.6 is 0 Å². The van der Waals surface area contributed by atoms with Crippen LogP contribution in [0.5, 0.6) is 0 Å². The normalized spacial score (nSPS) is 21.6. The molecule has 31 heavy (non-hydrogen) atoms. The molecule has 1 fully saturated rings. The Hall–Kier alpha value is -2.86. The summed E-state index contributed by atoms with van der Waals surface area (Å²) in [5, 5.41) is 13.9. The maximum Gasteiger partial charge on any atom is 0.254 e. The van der Waals surface area contributed by atoms with Crippen LogP contribution in [0.3, 0.4) is 0 Å². The molecule has 2 N–H and O–H groups in total. The van der Waals surface area contributed by atoms with E-state index >= 15 is 0 Å². The van der Waals surface area contributed by atoms with E-state index in [0.29, 0.717) is 6.54 Å². The van der Waals surface area contributed by atoms with Crippen molar-refractivity contribution >= 4 is 12.1 Å². The van der Waals surface area contributed by atoms with Crippen LogP contribution in [0.1, 0.15) is 70.4 Å². The van der Waals surface area contributed by atoms with Gasteiger partial charge in [0.1, 0.15) is 6.04 Å². The summed E-state index contributed by atoms with van der Waals surface area (Å²) in [6, 6.07) is 12.0. The Bertz CT molecular complexity index is 999. The molecule has 2 aromatic carbocycles. The molecule has 3 unspecified atom stereocenters. The Kier molecular flexibility index (Phi) is 6.28. The van der Waals surface area contributed by atoms with Crippen LogP contribution in [-0.2, 0) is 19.4 Å². The molecular formula is C25H30N4O2. The SMILES string of the molecule is CCc1cc2c(cc1Cc1ccc(C(C=NC)N=N)cc1)C(=O)N(C1CCCC1O)C2. The quantitative estimate of drug-likeness (QED) is 0.513. The van der Waals surface area contributed by atoms with E-state index < -0.39 is 6.10 Å². The summed E-state index contributed by atoms with van der Waals surface area (Å²) in [5.41, 5.74) is 13.8. The zero-order chi connectivity index (χ0) is 22.0. The largest absolute Gasteiger partial charge is 0.391 e. The third-order valence-corrected chi connectivity index (χ3v) is 6.63. The molecule has 1 saturated carbocycles. The molecular weight excluding hydrogens is 388 g/mol. The number of aliphatic hydroxyl groups is 1. The van der Waals surface area contributed by atoms with Crippen molar-refractivity contribution < 1.29 is 9.90 Å². The standard InChI is InChI=1S/C25H30N4O2/c1-3-17-12-20-15-29(23-5-4-6-24(23)30)25(31)21(20)13-19(17)11-16-7-9-18(10-8-16)22(28-26)14-27-2/h7-10,12-14,22-24,26,30H,3-6,11,15H2,1-2H3. The van der Waals surface area contributed by atoms with Crippen molar-refractivity contribution in [2.45, 2.75) is 63.8 Å². The second kappa shape index (κ2) is 9.10. The highest BCUT2D eigenvalue weighted by atomic mass is 16.3. The fourth-order valence-corrected chi connectivity index (χ4v) is 4.91. The Morgan fingerprint density at radius 1 is 1.23 bits per heavy atom. The van der Waals surface area contributed by atoms with Gasteiger partial charge in [0.25, 0.3) is 5.91 Å². The first-order valence-corrected chi connectivity index (χ1v) is 11.1. The lowest BCUT2D eigenvalue weighted by Crippen LogP contribution is -2.40. The molecule has 0 saturated heterocycles. The number of fused-ring (bicyclic) bond motifs is 1. The van der Waals surface area contributed by atoms with Gasteiger partial charge >= 0.3 is 0 Å². The van der Waals surface area contributed by atoms with Gasteiger partial charge in [0.15, 0.2) is 0 Å². The van der Waals surface area contributed by atoms with Crippen molar-refractivity contribution in [3.8, 4) is 0 Å². The first-order valence-electron chi connectivity index (χ1n) is 11.1. The molecule has 1 aliphatic carbocycles. The molecule has 4 rings (SSSR count). The molecule has 162 valence electrons. The van der Waals surface area contributed by atoms with Crippen molar-refractivity contribution in [3.63, 3.8) is 0 Å². The van der Waals surface area contributed by atoms with E-state index in [9.17, 15) is 9.90 Å². The van der Waals surface area contributed by atoms with Crippen LogP contribution in [-0.4, -0.2) is 41.3 Å². The van der Waals surface area contributed by atoms with Gasteiger partial charge in [-0.05, 0) is 66.0 Å². The van der Waals surface area contributed by atoms with Crippen LogP contribution in [0.4, 0.5) is 0 Å². The summed E-state index contributed by atoms with van der Waals surface area (Å²) in [5.74, 6) is 0.0546. The minimum atomic E-state index is -0.404. The number of aliphatic imine (C=N–C) groups is 1. The minimum absolute atomic E-state index is 0.0528. The van der Waals surface area contributed by atoms with E-state index in [1.165, 1.54) is 11.1 Å². The number of rotatable bonds is 7. The number of nitrogens with zero attached hydrogens (tertiary/aromatic N) is 3. The molecule has 1 amide bonds. The molecule has 6 nitrogen and oxygen atoms in total. The number of hydrogen-bond acceptors (Lipinski definition) is 5. The van der Waals surface area contributed by atoms with E-state index in [1.54, 1.807) is 13.3 Å². The van der Waals surface area contributed by atoms with Crippen molar-refractivity contribution in [1.29, 1.82) is 5.53 Å². The number of amides is 1. The highest BCUT2D eigenvalue weighted by Gasteiger charge is 2.38. The molecule has 0 spiro atoms. The van der Waals surface area contributed by atoms with Crippen molar-refractivity contribution in [2.75, 3.05) is 7.05 Å². The minimum Gasteiger partial charge on any atom is -0.391 e. The van der Waals surface area contributed by atoms with E-state index in [1.807, 2.05) is 17.0 Å². The highest BCUT2D eigenvalue weighted by Crippen LogP contribution is 2.34. The first kappa shape index (κ1) is 21.4. The summed E-state index contributed by atoms with van der Waals surface area (Å²) in [6.07, 6.45) is 5.56. The Balaban J connectivity index is 1.57. The van der Waals surface area contributed by atoms with Crippen LogP contribution < -0.4 is 0 Å². The summed E-state index contributed by atoms with van der Waals surface area (Å²) >= 11 is 0. The van der Waals surface area contributed by atoms with Crippen LogP contribution in [0.15, 0.2) is 46.5 Å². The maximum atomic E-state index is 13.1. The fraction of sp³-hybridized carbons (Fsp3) is 0.440. The van der Waals surface area contributed by atoms with Gasteiger partial charge in [-0.3, -0.25) is 9.79 Å². The molecule has 1 heterocycles. The lowest BCUT2D eigenvalue weighted by molar-refractivity contribution is 0.0479. The van der Waals surface area contributed by atoms with Gasteiger partial charge < -0.3 is 10.0 Å². The second-order valence-electron chi connectivity index (χ2n) is 8.53. The van der Waals surface area contributed by atoms with Gasteiger partial charge in [-0.2, -0.15) is 5.11 Å². The topological polar surface area (TPSA) is 89.1 Å². The summed E-state index contributed by atoms with van der Waals surface area (Å²) in [6.45, 7) is 2.75. The summed E-state index contributed by atoms with van der Waals surface area (Å²) in [7, 11) is 1.68. The molecule has 3 atom stereocenters. The van der Waals surface area contributed by atoms with Crippen molar-refractivity contribution in [2.24, 2.45) is 10.1 Å². The van der Waals surface area contributed by atoms with E-state index in [2.05, 4.69) is 41.3 Å². The van der Waals surface area contributed by atoms with Gasteiger partial charge in [-0.25, -0.2) is 5.53 Å². The van der Waals surface area contributed by atoms with Gasteiger partial charge in [-0.15, -0.1) is 0 Å². The molecule has 0 radical (unpaired) electrons. The van der Waals surface area contributed by atoms with Gasteiger partial charge in [0.2, 0.25) is 0 Å². The zero-order valence-corrected chi connectivity index (χ0v) is 18.2. The second-order valence-corrected chi connectivity index (χ2v) is 8.53. The average Bonchev–Trinajstić information content (AvgIpc) is 3.34. The monoisotopic (exact) mass is 418 g/mol. The highest BCUT2D eigenvalue weighted by molar-refractivity contribution is 5.99. The van der Waals surface area contributed by atoms with Crippen molar-refractivity contribution in [1.82, 2.24) is 4.90 Å². The lowest BCUT2D eigenvalue weighted by Gasteiger charge is -2.26. The average molecular weight is 419 g/mol. The number of hydrogen-bond donors (Lipinski definition) is 2. The predicted molar refractivity (Wildman–Crippen MR) is 121 cm³/mol. The van der Waals surface area contributed by atoms with E-state index in [-0.39, 0.29) is 18.0 Å². The first-order chi connectivity index (χ1) is 15.0. The van der Waals surface area contributed by atoms with Crippen LogP contribution in [0, 0.1) is 5.53 Å². The number of aliphatic hydroxyl groups excluding tert-OH is 1. The number of carbonyl (C=O) groups excluding carboxylic acids is 1. The fourth-order valence-electron chi connectivity index (χ4n) is 4.91. The molecule has 0 aromatic heterocycles. The molecule has 2 aromatic rings. The van der Waals surface area contributed by atoms with Crippen LogP contribution in [0.2, 0.25) is 0 Å². The Morgan fingerprint density at radius 2 is 2.00 bits per heavy atom. The van der Waals surface area contributed by atoms with Gasteiger partial charge in [-0.1, -0.05) is 37.3 Å². The van der Waals surface area contributed by atoms with E-state index in [0.717, 1.165) is 54.4 Å². The zero-order valence-electron chi connectivity index (χ0n) is 18.2. The third kappa shape index (κ3) is 4.17. The molecule has 2 aliphatic rings. The number of aryl methyl sites for hydroxylation is 1. The lowest BCUT2D eigenvalue weighted by atomic mass is 9.93. The molecule has 1 aliphatic heterocycles. The summed E-state index contributed by atoms with van der Waals surface area (Å²) in [4.78, 5) is 19.0. The maximum absolute atomic E-state index is 13.1. The molecule has 6 heteroatoms. The number of nitrogens with one attached hydrogen (secondary N) is 1. The smallest absolute Gasteiger partial charge is 0.254 e. The van der Waals surface area contributed by atoms with Gasteiger partial charge in [0, 0.05) is 25.4 Å². The Morgan fingerprint density at radius 3 is 2.61 bits per heavy atom. The molecule has 0 bridgehead atoms. The number of benzene rings is 2. The predicted octanol–water partition coefficient (Wildman–Crippen LogP) is 4.48. The van der Waals surface area contributed by atoms with E-state index in [4.69, 9.17) is 5.53 Å². The Labute approximate surface area is 183 Å². The van der Waals surface area contributed by atoms with Crippen LogP contribution in [0.25, 0.3) is 0 Å². The van der Waals surface area contributed by atoms with Crippen molar-refractivity contribution in [3.05, 3.63) is 69.8 Å². The number of carbonyl (C=O) groups is 1. The third-order valence-electron chi connectivity index (χ3n) is 6.63. The van der Waals surface area contributed by atoms with Gasteiger partial charge in [0.05, 0.1) is 12.1 Å².